The molecule has 0 spiro atoms. The Morgan fingerprint density at radius 3 is 2.16 bits per heavy atom. The predicted molar refractivity (Wildman–Crippen MR) is 82.4 cm³/mol. The van der Waals surface area contributed by atoms with Gasteiger partial charge in [0.25, 0.3) is 0 Å². The van der Waals surface area contributed by atoms with Crippen LogP contribution in [-0.2, 0) is 6.42 Å². The van der Waals surface area contributed by atoms with Crippen molar-refractivity contribution < 1.29 is 5.11 Å². The van der Waals surface area contributed by atoms with E-state index in [4.69, 9.17) is 0 Å². The zero-order chi connectivity index (χ0) is 14.3. The highest BCUT2D eigenvalue weighted by molar-refractivity contribution is 5.24. The second kappa shape index (κ2) is 8.34. The molecule has 108 valence electrons. The lowest BCUT2D eigenvalue weighted by molar-refractivity contribution is 0.0955. The number of aryl methyl sites for hydroxylation is 1. The molecule has 0 aromatic heterocycles. The van der Waals surface area contributed by atoms with Gasteiger partial charge in [0, 0.05) is 12.6 Å². The highest BCUT2D eigenvalue weighted by atomic mass is 16.3. The van der Waals surface area contributed by atoms with Crippen LogP contribution < -0.4 is 0 Å². The summed E-state index contributed by atoms with van der Waals surface area (Å²) in [5.74, 6) is 0. The molecule has 0 fully saturated rings. The highest BCUT2D eigenvalue weighted by Gasteiger charge is 2.15. The third kappa shape index (κ3) is 5.33. The fraction of sp³-hybridized carbons (Fsp3) is 0.647. The van der Waals surface area contributed by atoms with Crippen LogP contribution in [-0.4, -0.2) is 29.1 Å². The molecule has 0 amide bonds. The summed E-state index contributed by atoms with van der Waals surface area (Å²) in [6.07, 6.45) is 3.02. The van der Waals surface area contributed by atoms with E-state index in [9.17, 15) is 5.11 Å². The highest BCUT2D eigenvalue weighted by Crippen LogP contribution is 2.17. The maximum absolute atomic E-state index is 10.3. The van der Waals surface area contributed by atoms with Crippen molar-refractivity contribution in [1.82, 2.24) is 4.90 Å². The number of nitrogens with zero attached hydrogens (tertiary/aromatic N) is 1. The molecule has 0 aliphatic carbocycles. The van der Waals surface area contributed by atoms with Gasteiger partial charge >= 0.3 is 0 Å². The van der Waals surface area contributed by atoms with E-state index in [1.807, 2.05) is 0 Å². The summed E-state index contributed by atoms with van der Waals surface area (Å²) in [5, 5.41) is 10.3. The van der Waals surface area contributed by atoms with Crippen molar-refractivity contribution in [3.8, 4) is 0 Å². The fourth-order valence-electron chi connectivity index (χ4n) is 2.37. The van der Waals surface area contributed by atoms with E-state index in [1.54, 1.807) is 0 Å². The number of hydrogen-bond acceptors (Lipinski definition) is 2. The third-order valence-corrected chi connectivity index (χ3v) is 3.55. The molecule has 1 aromatic carbocycles. The first-order chi connectivity index (χ1) is 9.08. The van der Waals surface area contributed by atoms with Crippen LogP contribution in [0.15, 0.2) is 24.3 Å². The van der Waals surface area contributed by atoms with Gasteiger partial charge in [-0.15, -0.1) is 0 Å². The first-order valence-corrected chi connectivity index (χ1v) is 7.59. The molecular weight excluding hydrogens is 234 g/mol. The second-order valence-corrected chi connectivity index (χ2v) is 5.60. The van der Waals surface area contributed by atoms with Gasteiger partial charge in [-0.05, 0) is 44.4 Å². The number of benzene rings is 1. The van der Waals surface area contributed by atoms with Gasteiger partial charge in [-0.25, -0.2) is 0 Å². The molecular formula is C17H29NO. The quantitative estimate of drug-likeness (QED) is 0.771. The first kappa shape index (κ1) is 16.2. The molecule has 1 N–H and O–H groups in total. The van der Waals surface area contributed by atoms with Gasteiger partial charge in [-0.3, -0.25) is 4.90 Å². The van der Waals surface area contributed by atoms with Gasteiger partial charge in [-0.1, -0.05) is 44.5 Å². The van der Waals surface area contributed by atoms with Crippen LogP contribution in [0.1, 0.15) is 57.8 Å². The average Bonchev–Trinajstić information content (AvgIpc) is 2.39. The standard InChI is InChI=1S/C17H29NO/c1-5-7-15-8-10-16(11-9-15)17(19)13-18(12-6-2)14(3)4/h8-11,14,17,19H,5-7,12-13H2,1-4H3. The van der Waals surface area contributed by atoms with Gasteiger partial charge in [0.1, 0.15) is 0 Å². The summed E-state index contributed by atoms with van der Waals surface area (Å²) in [5.41, 5.74) is 2.38. The minimum Gasteiger partial charge on any atom is -0.387 e. The Balaban J connectivity index is 2.63. The smallest absolute Gasteiger partial charge is 0.0917 e. The summed E-state index contributed by atoms with van der Waals surface area (Å²) < 4.78 is 0. The molecule has 0 saturated carbocycles. The fourth-order valence-corrected chi connectivity index (χ4v) is 2.37. The third-order valence-electron chi connectivity index (χ3n) is 3.55. The number of hydrogen-bond donors (Lipinski definition) is 1. The van der Waals surface area contributed by atoms with E-state index in [2.05, 4.69) is 56.9 Å². The summed E-state index contributed by atoms with van der Waals surface area (Å²) in [6.45, 7) is 10.5. The zero-order valence-electron chi connectivity index (χ0n) is 12.9. The van der Waals surface area contributed by atoms with Crippen molar-refractivity contribution in [1.29, 1.82) is 0 Å². The van der Waals surface area contributed by atoms with Gasteiger partial charge in [0.05, 0.1) is 6.10 Å². The lowest BCUT2D eigenvalue weighted by atomic mass is 10.0. The molecule has 2 nitrogen and oxygen atoms in total. The van der Waals surface area contributed by atoms with E-state index >= 15 is 0 Å². The number of aliphatic hydroxyl groups is 1. The molecule has 0 bridgehead atoms. The summed E-state index contributed by atoms with van der Waals surface area (Å²) >= 11 is 0. The molecule has 19 heavy (non-hydrogen) atoms. The first-order valence-electron chi connectivity index (χ1n) is 7.59. The van der Waals surface area contributed by atoms with Crippen molar-refractivity contribution in [3.63, 3.8) is 0 Å². The van der Waals surface area contributed by atoms with Crippen LogP contribution in [0, 0.1) is 0 Å². The summed E-state index contributed by atoms with van der Waals surface area (Å²) in [4.78, 5) is 2.34. The van der Waals surface area contributed by atoms with Crippen molar-refractivity contribution in [2.45, 2.75) is 59.1 Å². The van der Waals surface area contributed by atoms with E-state index in [0.717, 1.165) is 31.5 Å². The molecule has 1 aromatic rings. The molecule has 0 heterocycles. The largest absolute Gasteiger partial charge is 0.387 e. The Kier molecular flexibility index (Phi) is 7.11. The molecule has 0 saturated heterocycles. The molecule has 0 radical (unpaired) electrons. The number of rotatable bonds is 8. The van der Waals surface area contributed by atoms with Gasteiger partial charge in [-0.2, -0.15) is 0 Å². The average molecular weight is 263 g/mol. The van der Waals surface area contributed by atoms with Crippen LogP contribution in [0.3, 0.4) is 0 Å². The van der Waals surface area contributed by atoms with Gasteiger partial charge < -0.3 is 5.11 Å². The number of aliphatic hydroxyl groups excluding tert-OH is 1. The second-order valence-electron chi connectivity index (χ2n) is 5.60. The van der Waals surface area contributed by atoms with Crippen LogP contribution in [0.4, 0.5) is 0 Å². The zero-order valence-corrected chi connectivity index (χ0v) is 12.9. The van der Waals surface area contributed by atoms with E-state index in [1.165, 1.54) is 12.0 Å². The van der Waals surface area contributed by atoms with Crippen LogP contribution in [0.25, 0.3) is 0 Å². The SMILES string of the molecule is CCCc1ccc(C(O)CN(CCC)C(C)C)cc1. The van der Waals surface area contributed by atoms with E-state index in [-0.39, 0.29) is 6.10 Å². The maximum atomic E-state index is 10.3. The Hall–Kier alpha value is -0.860. The van der Waals surface area contributed by atoms with Crippen LogP contribution in [0.5, 0.6) is 0 Å². The molecule has 1 rings (SSSR count). The Morgan fingerprint density at radius 1 is 1.05 bits per heavy atom. The minimum atomic E-state index is -0.385. The Bertz CT molecular complexity index is 345. The molecule has 1 unspecified atom stereocenters. The monoisotopic (exact) mass is 263 g/mol. The molecule has 2 heteroatoms. The van der Waals surface area contributed by atoms with Crippen molar-refractivity contribution in [2.24, 2.45) is 0 Å². The topological polar surface area (TPSA) is 23.5 Å². The van der Waals surface area contributed by atoms with Crippen molar-refractivity contribution >= 4 is 0 Å². The lowest BCUT2D eigenvalue weighted by Gasteiger charge is -2.28. The predicted octanol–water partition coefficient (Wildman–Crippen LogP) is 3.79. The summed E-state index contributed by atoms with van der Waals surface area (Å²) in [6, 6.07) is 8.90. The van der Waals surface area contributed by atoms with Crippen LogP contribution >= 0.6 is 0 Å². The van der Waals surface area contributed by atoms with Gasteiger partial charge in [0.15, 0.2) is 0 Å². The molecule has 0 aliphatic rings. The maximum Gasteiger partial charge on any atom is 0.0917 e. The Morgan fingerprint density at radius 2 is 1.68 bits per heavy atom. The van der Waals surface area contributed by atoms with E-state index in [0.29, 0.717) is 6.04 Å². The summed E-state index contributed by atoms with van der Waals surface area (Å²) in [7, 11) is 0. The Labute approximate surface area is 118 Å². The van der Waals surface area contributed by atoms with Crippen molar-refractivity contribution in [3.05, 3.63) is 35.4 Å². The lowest BCUT2D eigenvalue weighted by Crippen LogP contribution is -2.35. The minimum absolute atomic E-state index is 0.385. The molecule has 0 aliphatic heterocycles. The molecule has 1 atom stereocenters. The van der Waals surface area contributed by atoms with Crippen molar-refractivity contribution in [2.75, 3.05) is 13.1 Å². The van der Waals surface area contributed by atoms with Crippen LogP contribution in [0.2, 0.25) is 0 Å². The van der Waals surface area contributed by atoms with Gasteiger partial charge in [0.2, 0.25) is 0 Å². The normalized spacial score (nSPS) is 13.2. The van der Waals surface area contributed by atoms with E-state index < -0.39 is 0 Å².